The molecule has 0 radical (unpaired) electrons. The summed E-state index contributed by atoms with van der Waals surface area (Å²) in [5, 5.41) is 12.9. The molecule has 1 saturated heterocycles. The van der Waals surface area contributed by atoms with Crippen LogP contribution in [0.15, 0.2) is 41.5 Å². The van der Waals surface area contributed by atoms with Gasteiger partial charge in [-0.05, 0) is 12.1 Å². The van der Waals surface area contributed by atoms with Crippen LogP contribution in [0.2, 0.25) is 0 Å². The minimum absolute atomic E-state index is 0.0913. The van der Waals surface area contributed by atoms with Crippen molar-refractivity contribution in [3.63, 3.8) is 0 Å². The van der Waals surface area contributed by atoms with Crippen molar-refractivity contribution < 1.29 is 14.4 Å². The Hall–Kier alpha value is -2.81. The van der Waals surface area contributed by atoms with E-state index < -0.39 is 4.92 Å². The van der Waals surface area contributed by atoms with Crippen LogP contribution >= 0.6 is 11.8 Å². The predicted molar refractivity (Wildman–Crippen MR) is 107 cm³/mol. The SMILES string of the molecule is COc1cc(OC)c([N+](=O)[O-])cc1[C@@H]1[C@H](c2ccccn2)N=C2S[C@H](C)CN21. The molecular weight excluding hydrogens is 380 g/mol. The Balaban J connectivity index is 1.87. The summed E-state index contributed by atoms with van der Waals surface area (Å²) in [4.78, 5) is 22.8. The first-order valence-corrected chi connectivity index (χ1v) is 9.73. The van der Waals surface area contributed by atoms with Crippen LogP contribution in [-0.2, 0) is 0 Å². The van der Waals surface area contributed by atoms with Crippen molar-refractivity contribution in [1.82, 2.24) is 9.88 Å². The second kappa shape index (κ2) is 7.31. The van der Waals surface area contributed by atoms with Gasteiger partial charge < -0.3 is 14.4 Å². The van der Waals surface area contributed by atoms with Crippen molar-refractivity contribution in [3.05, 3.63) is 57.9 Å². The largest absolute Gasteiger partial charge is 0.496 e. The lowest BCUT2D eigenvalue weighted by Gasteiger charge is -2.28. The van der Waals surface area contributed by atoms with Crippen molar-refractivity contribution in [2.75, 3.05) is 20.8 Å². The van der Waals surface area contributed by atoms with Gasteiger partial charge >= 0.3 is 5.69 Å². The normalized spacial score (nSPS) is 23.3. The monoisotopic (exact) mass is 400 g/mol. The summed E-state index contributed by atoms with van der Waals surface area (Å²) >= 11 is 1.71. The van der Waals surface area contributed by atoms with Gasteiger partial charge in [-0.2, -0.15) is 0 Å². The molecule has 2 aliphatic rings. The minimum Gasteiger partial charge on any atom is -0.496 e. The summed E-state index contributed by atoms with van der Waals surface area (Å²) in [5.41, 5.74) is 1.44. The first-order chi connectivity index (χ1) is 13.5. The quantitative estimate of drug-likeness (QED) is 0.559. The van der Waals surface area contributed by atoms with E-state index in [1.165, 1.54) is 7.11 Å². The molecule has 8 nitrogen and oxygen atoms in total. The molecule has 0 bridgehead atoms. The van der Waals surface area contributed by atoms with Crippen LogP contribution in [0.25, 0.3) is 0 Å². The third-order valence-corrected chi connectivity index (χ3v) is 6.03. The first-order valence-electron chi connectivity index (χ1n) is 8.85. The van der Waals surface area contributed by atoms with E-state index in [2.05, 4.69) is 16.8 Å². The highest BCUT2D eigenvalue weighted by atomic mass is 32.2. The van der Waals surface area contributed by atoms with Gasteiger partial charge in [0.2, 0.25) is 5.75 Å². The number of aromatic nitrogens is 1. The Kier molecular flexibility index (Phi) is 4.84. The maximum atomic E-state index is 11.6. The van der Waals surface area contributed by atoms with Gasteiger partial charge in [0.05, 0.1) is 30.9 Å². The molecule has 4 rings (SSSR count). The van der Waals surface area contributed by atoms with Gasteiger partial charge in [-0.25, -0.2) is 0 Å². The van der Waals surface area contributed by atoms with E-state index in [0.29, 0.717) is 16.6 Å². The number of thioether (sulfide) groups is 1. The molecule has 3 atom stereocenters. The van der Waals surface area contributed by atoms with Gasteiger partial charge in [0.15, 0.2) is 5.17 Å². The molecule has 1 aromatic heterocycles. The first kappa shape index (κ1) is 18.5. The third-order valence-electron chi connectivity index (χ3n) is 4.93. The van der Waals surface area contributed by atoms with E-state index in [0.717, 1.165) is 17.4 Å². The topological polar surface area (TPSA) is 90.1 Å². The maximum Gasteiger partial charge on any atom is 0.311 e. The van der Waals surface area contributed by atoms with Gasteiger partial charge in [0.25, 0.3) is 0 Å². The lowest BCUT2D eigenvalue weighted by Crippen LogP contribution is -2.29. The van der Waals surface area contributed by atoms with E-state index in [4.69, 9.17) is 14.5 Å². The van der Waals surface area contributed by atoms with Gasteiger partial charge in [-0.1, -0.05) is 24.8 Å². The number of ether oxygens (including phenoxy) is 2. The van der Waals surface area contributed by atoms with E-state index in [-0.39, 0.29) is 23.5 Å². The maximum absolute atomic E-state index is 11.6. The number of methoxy groups -OCH3 is 2. The molecule has 2 aromatic rings. The molecule has 1 aromatic carbocycles. The number of benzene rings is 1. The molecule has 146 valence electrons. The van der Waals surface area contributed by atoms with Crippen molar-refractivity contribution in [1.29, 1.82) is 0 Å². The summed E-state index contributed by atoms with van der Waals surface area (Å²) in [6.45, 7) is 2.95. The average molecular weight is 400 g/mol. The lowest BCUT2D eigenvalue weighted by molar-refractivity contribution is -0.385. The summed E-state index contributed by atoms with van der Waals surface area (Å²) in [6, 6.07) is 8.34. The van der Waals surface area contributed by atoms with Crippen molar-refractivity contribution in [2.24, 2.45) is 4.99 Å². The Morgan fingerprint density at radius 1 is 1.25 bits per heavy atom. The van der Waals surface area contributed by atoms with E-state index in [9.17, 15) is 10.1 Å². The standard InChI is InChI=1S/C19H20N4O4S/c1-11-10-22-18(17(21-19(22)28-11)13-6-4-5-7-20-13)12-8-14(23(24)25)16(27-3)9-15(12)26-2/h4-9,11,17-18H,10H2,1-3H3/t11-,17+,18-/m1/s1. The number of pyridine rings is 1. The number of fused-ring (bicyclic) bond motifs is 1. The van der Waals surface area contributed by atoms with E-state index in [1.54, 1.807) is 37.2 Å². The van der Waals surface area contributed by atoms with E-state index >= 15 is 0 Å². The zero-order valence-electron chi connectivity index (χ0n) is 15.7. The molecular formula is C19H20N4O4S. The molecule has 28 heavy (non-hydrogen) atoms. The van der Waals surface area contributed by atoms with Crippen molar-refractivity contribution in [2.45, 2.75) is 24.3 Å². The van der Waals surface area contributed by atoms with Crippen molar-refractivity contribution in [3.8, 4) is 11.5 Å². The van der Waals surface area contributed by atoms with Crippen LogP contribution in [-0.4, -0.2) is 46.0 Å². The van der Waals surface area contributed by atoms with Gasteiger partial charge in [0, 0.05) is 35.7 Å². The Bertz CT molecular complexity index is 937. The van der Waals surface area contributed by atoms with Gasteiger partial charge in [-0.15, -0.1) is 0 Å². The van der Waals surface area contributed by atoms with Crippen LogP contribution in [0.4, 0.5) is 5.69 Å². The molecule has 3 heterocycles. The summed E-state index contributed by atoms with van der Waals surface area (Å²) in [6.07, 6.45) is 1.74. The Morgan fingerprint density at radius 3 is 2.68 bits per heavy atom. The fourth-order valence-electron chi connectivity index (χ4n) is 3.73. The van der Waals surface area contributed by atoms with Crippen LogP contribution in [0, 0.1) is 10.1 Å². The highest BCUT2D eigenvalue weighted by molar-refractivity contribution is 8.14. The number of hydrogen-bond donors (Lipinski definition) is 0. The van der Waals surface area contributed by atoms with Crippen LogP contribution in [0.5, 0.6) is 11.5 Å². The highest BCUT2D eigenvalue weighted by Gasteiger charge is 2.45. The third kappa shape index (κ3) is 3.05. The summed E-state index contributed by atoms with van der Waals surface area (Å²) in [7, 11) is 2.96. The minimum atomic E-state index is -0.435. The number of nitrogens with zero attached hydrogens (tertiary/aromatic N) is 4. The van der Waals surface area contributed by atoms with Crippen LogP contribution in [0.1, 0.15) is 30.3 Å². The number of hydrogen-bond acceptors (Lipinski definition) is 8. The van der Waals surface area contributed by atoms with Gasteiger partial charge in [0.1, 0.15) is 11.8 Å². The molecule has 0 spiro atoms. The van der Waals surface area contributed by atoms with Gasteiger partial charge in [-0.3, -0.25) is 20.1 Å². The average Bonchev–Trinajstić information content (AvgIpc) is 3.23. The fourth-order valence-corrected chi connectivity index (χ4v) is 4.83. The number of nitro benzene ring substituents is 1. The van der Waals surface area contributed by atoms with E-state index in [1.807, 2.05) is 18.2 Å². The summed E-state index contributed by atoms with van der Waals surface area (Å²) in [5.74, 6) is 0.706. The smallest absolute Gasteiger partial charge is 0.311 e. The Morgan fingerprint density at radius 2 is 2.04 bits per heavy atom. The lowest BCUT2D eigenvalue weighted by atomic mass is 9.94. The Labute approximate surface area is 166 Å². The second-order valence-electron chi connectivity index (χ2n) is 6.66. The molecule has 0 unspecified atom stereocenters. The van der Waals surface area contributed by atoms with Crippen LogP contribution < -0.4 is 9.47 Å². The highest BCUT2D eigenvalue weighted by Crippen LogP contribution is 2.51. The zero-order valence-corrected chi connectivity index (χ0v) is 16.5. The number of rotatable bonds is 5. The molecule has 0 amide bonds. The number of amidine groups is 1. The molecule has 0 aliphatic carbocycles. The molecule has 2 aliphatic heterocycles. The molecule has 9 heteroatoms. The van der Waals surface area contributed by atoms with Crippen LogP contribution in [0.3, 0.4) is 0 Å². The predicted octanol–water partition coefficient (Wildman–Crippen LogP) is 3.60. The number of nitro groups is 1. The second-order valence-corrected chi connectivity index (χ2v) is 8.07. The molecule has 0 N–H and O–H groups in total. The number of aliphatic imine (C=N–C) groups is 1. The summed E-state index contributed by atoms with van der Waals surface area (Å²) < 4.78 is 10.8. The molecule has 0 saturated carbocycles. The zero-order chi connectivity index (χ0) is 19.8. The molecule has 1 fully saturated rings. The van der Waals surface area contributed by atoms with Crippen molar-refractivity contribution >= 4 is 22.6 Å². The fraction of sp³-hybridized carbons (Fsp3) is 0.368.